The van der Waals surface area contributed by atoms with Crippen molar-refractivity contribution in [3.05, 3.63) is 53.7 Å². The molecule has 0 radical (unpaired) electrons. The second-order valence-corrected chi connectivity index (χ2v) is 7.62. The number of aliphatic imine (C=N–C) groups is 1. The highest BCUT2D eigenvalue weighted by atomic mass is 15.2. The molecule has 0 aliphatic heterocycles. The number of hydrogen-bond acceptors (Lipinski definition) is 2. The first-order valence-corrected chi connectivity index (χ1v) is 10.2. The van der Waals surface area contributed by atoms with Crippen molar-refractivity contribution in [3.8, 4) is 0 Å². The van der Waals surface area contributed by atoms with Gasteiger partial charge < -0.3 is 20.2 Å². The van der Waals surface area contributed by atoms with Crippen LogP contribution in [0, 0.1) is 12.8 Å². The van der Waals surface area contributed by atoms with E-state index in [-0.39, 0.29) is 0 Å². The number of aromatic amines is 1. The van der Waals surface area contributed by atoms with Crippen LogP contribution in [0.1, 0.15) is 37.7 Å². The Kier molecular flexibility index (Phi) is 6.74. The number of rotatable bonds is 8. The minimum atomic E-state index is 0.571. The van der Waals surface area contributed by atoms with E-state index in [9.17, 15) is 0 Å². The van der Waals surface area contributed by atoms with Gasteiger partial charge in [0, 0.05) is 49.1 Å². The number of nitrogens with zero attached hydrogens (tertiary/aromatic N) is 3. The maximum absolute atomic E-state index is 4.72. The van der Waals surface area contributed by atoms with E-state index in [1.54, 1.807) is 0 Å². The van der Waals surface area contributed by atoms with Crippen LogP contribution < -0.4 is 10.6 Å². The Labute approximate surface area is 167 Å². The zero-order valence-corrected chi connectivity index (χ0v) is 17.4. The number of benzene rings is 1. The van der Waals surface area contributed by atoms with Gasteiger partial charge in [0.15, 0.2) is 5.96 Å². The minimum absolute atomic E-state index is 0.571. The fourth-order valence-electron chi connectivity index (χ4n) is 3.37. The third-order valence-electron chi connectivity index (χ3n) is 4.70. The van der Waals surface area contributed by atoms with Gasteiger partial charge in [0.2, 0.25) is 0 Å². The normalized spacial score (nSPS) is 12.1. The van der Waals surface area contributed by atoms with E-state index in [4.69, 9.17) is 4.99 Å². The molecule has 0 aliphatic carbocycles. The number of nitrogens with one attached hydrogen (secondary N) is 3. The van der Waals surface area contributed by atoms with Crippen LogP contribution in [0.25, 0.3) is 10.9 Å². The maximum Gasteiger partial charge on any atom is 0.191 e. The largest absolute Gasteiger partial charge is 0.361 e. The molecule has 1 aromatic carbocycles. The van der Waals surface area contributed by atoms with E-state index in [0.717, 1.165) is 37.8 Å². The molecule has 3 aromatic rings. The predicted octanol–water partition coefficient (Wildman–Crippen LogP) is 3.63. The molecule has 150 valence electrons. The summed E-state index contributed by atoms with van der Waals surface area (Å²) in [7, 11) is 0. The molecule has 2 heterocycles. The van der Waals surface area contributed by atoms with Gasteiger partial charge >= 0.3 is 0 Å². The van der Waals surface area contributed by atoms with Crippen molar-refractivity contribution < 1.29 is 0 Å². The first kappa shape index (κ1) is 20.0. The molecule has 3 N–H and O–H groups in total. The minimum Gasteiger partial charge on any atom is -0.361 e. The Hall–Kier alpha value is -2.76. The van der Waals surface area contributed by atoms with E-state index >= 15 is 0 Å². The summed E-state index contributed by atoms with van der Waals surface area (Å²) in [4.78, 5) is 12.6. The first-order chi connectivity index (χ1) is 13.6. The van der Waals surface area contributed by atoms with Crippen LogP contribution in [0.15, 0.2) is 41.8 Å². The molecule has 3 rings (SSSR count). The monoisotopic (exact) mass is 380 g/mol. The van der Waals surface area contributed by atoms with E-state index in [0.29, 0.717) is 12.5 Å². The maximum atomic E-state index is 4.72. The number of fused-ring (bicyclic) bond motifs is 1. The van der Waals surface area contributed by atoms with Crippen molar-refractivity contribution in [1.82, 2.24) is 25.2 Å². The van der Waals surface area contributed by atoms with Crippen molar-refractivity contribution in [3.63, 3.8) is 0 Å². The number of imidazole rings is 1. The van der Waals surface area contributed by atoms with Gasteiger partial charge in [-0.3, -0.25) is 0 Å². The second kappa shape index (κ2) is 9.44. The molecule has 0 bridgehead atoms. The SMILES string of the molecule is CCNC(=NCc1nccn1CC(C)C)NCCc1c[nH]c2cc(C)ccc12. The van der Waals surface area contributed by atoms with Crippen molar-refractivity contribution in [2.75, 3.05) is 13.1 Å². The molecule has 0 spiro atoms. The smallest absolute Gasteiger partial charge is 0.191 e. The summed E-state index contributed by atoms with van der Waals surface area (Å²) in [6.07, 6.45) is 6.93. The van der Waals surface area contributed by atoms with Crippen molar-refractivity contribution in [1.29, 1.82) is 0 Å². The third-order valence-corrected chi connectivity index (χ3v) is 4.70. The number of H-pyrrole nitrogens is 1. The lowest BCUT2D eigenvalue weighted by Crippen LogP contribution is -2.38. The number of hydrogen-bond donors (Lipinski definition) is 3. The van der Waals surface area contributed by atoms with Crippen molar-refractivity contribution >= 4 is 16.9 Å². The fraction of sp³-hybridized carbons (Fsp3) is 0.455. The van der Waals surface area contributed by atoms with Gasteiger partial charge in [-0.05, 0) is 43.4 Å². The lowest BCUT2D eigenvalue weighted by atomic mass is 10.1. The number of guanidine groups is 1. The Balaban J connectivity index is 1.59. The highest BCUT2D eigenvalue weighted by Crippen LogP contribution is 2.19. The van der Waals surface area contributed by atoms with Gasteiger partial charge in [0.1, 0.15) is 12.4 Å². The third kappa shape index (κ3) is 5.15. The Morgan fingerprint density at radius 2 is 2.14 bits per heavy atom. The molecular formula is C22H32N6. The van der Waals surface area contributed by atoms with Crippen LogP contribution >= 0.6 is 0 Å². The zero-order chi connectivity index (χ0) is 19.9. The molecule has 6 heteroatoms. The topological polar surface area (TPSA) is 70.0 Å². The van der Waals surface area contributed by atoms with E-state index in [1.165, 1.54) is 22.0 Å². The van der Waals surface area contributed by atoms with Gasteiger partial charge in [0.05, 0.1) is 0 Å². The summed E-state index contributed by atoms with van der Waals surface area (Å²) in [5, 5.41) is 8.07. The van der Waals surface area contributed by atoms with Crippen LogP contribution in [0.4, 0.5) is 0 Å². The van der Waals surface area contributed by atoms with E-state index < -0.39 is 0 Å². The summed E-state index contributed by atoms with van der Waals surface area (Å²) in [6.45, 7) is 11.8. The lowest BCUT2D eigenvalue weighted by molar-refractivity contribution is 0.507. The number of aromatic nitrogens is 3. The Morgan fingerprint density at radius 1 is 1.29 bits per heavy atom. The van der Waals surface area contributed by atoms with Gasteiger partial charge in [-0.1, -0.05) is 26.0 Å². The molecule has 0 aliphatic rings. The van der Waals surface area contributed by atoms with Gasteiger partial charge in [0.25, 0.3) is 0 Å². The fourth-order valence-corrected chi connectivity index (χ4v) is 3.37. The first-order valence-electron chi connectivity index (χ1n) is 10.2. The Morgan fingerprint density at radius 3 is 2.93 bits per heavy atom. The molecule has 0 saturated heterocycles. The van der Waals surface area contributed by atoms with Crippen molar-refractivity contribution in [2.45, 2.75) is 47.2 Å². The van der Waals surface area contributed by atoms with Crippen LogP contribution in [0.2, 0.25) is 0 Å². The molecule has 0 unspecified atom stereocenters. The predicted molar refractivity (Wildman–Crippen MR) is 117 cm³/mol. The quantitative estimate of drug-likeness (QED) is 0.413. The molecule has 28 heavy (non-hydrogen) atoms. The van der Waals surface area contributed by atoms with Crippen LogP contribution in [-0.2, 0) is 19.5 Å². The standard InChI is InChI=1S/C22H32N6/c1-5-23-22(27-14-21-24-10-11-28(21)15-16(2)3)25-9-8-18-13-26-20-12-17(4)6-7-19(18)20/h6-7,10-13,16,26H,5,8-9,14-15H2,1-4H3,(H2,23,25,27). The Bertz CT molecular complexity index is 918. The summed E-state index contributed by atoms with van der Waals surface area (Å²) in [5.41, 5.74) is 3.80. The summed E-state index contributed by atoms with van der Waals surface area (Å²) in [5.74, 6) is 2.42. The lowest BCUT2D eigenvalue weighted by Gasteiger charge is -2.12. The van der Waals surface area contributed by atoms with Gasteiger partial charge in [-0.15, -0.1) is 0 Å². The van der Waals surface area contributed by atoms with E-state index in [1.807, 2.05) is 12.4 Å². The van der Waals surface area contributed by atoms with Crippen LogP contribution in [-0.4, -0.2) is 33.6 Å². The van der Waals surface area contributed by atoms with Crippen LogP contribution in [0.5, 0.6) is 0 Å². The van der Waals surface area contributed by atoms with Gasteiger partial charge in [-0.2, -0.15) is 0 Å². The highest BCUT2D eigenvalue weighted by Gasteiger charge is 2.06. The molecule has 0 fully saturated rings. The average molecular weight is 381 g/mol. The average Bonchev–Trinajstić information content (AvgIpc) is 3.25. The summed E-state index contributed by atoms with van der Waals surface area (Å²) >= 11 is 0. The van der Waals surface area contributed by atoms with Crippen LogP contribution in [0.3, 0.4) is 0 Å². The molecular weight excluding hydrogens is 348 g/mol. The summed E-state index contributed by atoms with van der Waals surface area (Å²) in [6, 6.07) is 6.55. The molecule has 0 amide bonds. The second-order valence-electron chi connectivity index (χ2n) is 7.62. The van der Waals surface area contributed by atoms with Crippen molar-refractivity contribution in [2.24, 2.45) is 10.9 Å². The molecule has 0 atom stereocenters. The summed E-state index contributed by atoms with van der Waals surface area (Å²) < 4.78 is 2.19. The molecule has 2 aromatic heterocycles. The molecule has 0 saturated carbocycles. The number of aryl methyl sites for hydroxylation is 1. The highest BCUT2D eigenvalue weighted by molar-refractivity contribution is 5.84. The van der Waals surface area contributed by atoms with E-state index in [2.05, 4.69) is 77.3 Å². The van der Waals surface area contributed by atoms with Gasteiger partial charge in [-0.25, -0.2) is 9.98 Å². The molecule has 6 nitrogen and oxygen atoms in total. The zero-order valence-electron chi connectivity index (χ0n) is 17.4.